The fourth-order valence-electron chi connectivity index (χ4n) is 1.67. The van der Waals surface area contributed by atoms with Crippen LogP contribution >= 0.6 is 0 Å². The van der Waals surface area contributed by atoms with Gasteiger partial charge in [-0.2, -0.15) is 26.3 Å². The Hall–Kier alpha value is -2.25. The first kappa shape index (κ1) is 15.1. The van der Waals surface area contributed by atoms with Crippen molar-refractivity contribution >= 4 is 0 Å². The zero-order valence-electron chi connectivity index (χ0n) is 10.2. The molecular weight excluding hydrogens is 300 g/mol. The summed E-state index contributed by atoms with van der Waals surface area (Å²) in [4.78, 5) is 11.6. The highest BCUT2D eigenvalue weighted by Crippen LogP contribution is 2.30. The van der Waals surface area contributed by atoms with E-state index in [1.54, 1.807) is 0 Å². The number of pyridine rings is 1. The monoisotopic (exact) mass is 307 g/mol. The Morgan fingerprint density at radius 2 is 1.19 bits per heavy atom. The predicted octanol–water partition coefficient (Wildman–Crippen LogP) is 3.88. The average molecular weight is 307 g/mol. The van der Waals surface area contributed by atoms with E-state index in [1.807, 2.05) is 0 Å². The summed E-state index contributed by atoms with van der Waals surface area (Å²) in [7, 11) is 0. The zero-order chi connectivity index (χ0) is 15.8. The van der Waals surface area contributed by atoms with Gasteiger partial charge < -0.3 is 0 Å². The van der Waals surface area contributed by atoms with Crippen molar-refractivity contribution in [3.05, 3.63) is 64.1 Å². The largest absolute Gasteiger partial charge is 0.417 e. The lowest BCUT2D eigenvalue weighted by Crippen LogP contribution is -2.20. The SMILES string of the molecule is O=c1ccc(C(F)(F)F)cn1-c1ccc(C(F)(F)F)cc1. The third kappa shape index (κ3) is 3.26. The van der Waals surface area contributed by atoms with E-state index in [9.17, 15) is 31.1 Å². The van der Waals surface area contributed by atoms with Crippen LogP contribution in [-0.2, 0) is 12.4 Å². The van der Waals surface area contributed by atoms with E-state index >= 15 is 0 Å². The first-order valence-electron chi connectivity index (χ1n) is 5.56. The van der Waals surface area contributed by atoms with Gasteiger partial charge in [0.15, 0.2) is 0 Å². The normalized spacial score (nSPS) is 12.5. The van der Waals surface area contributed by atoms with Gasteiger partial charge in [-0.25, -0.2) is 0 Å². The Balaban J connectivity index is 2.49. The van der Waals surface area contributed by atoms with Crippen LogP contribution in [0.5, 0.6) is 0 Å². The molecule has 0 unspecified atom stereocenters. The molecule has 0 N–H and O–H groups in total. The summed E-state index contributed by atoms with van der Waals surface area (Å²) in [5.74, 6) is 0. The van der Waals surface area contributed by atoms with Gasteiger partial charge in [0, 0.05) is 18.0 Å². The van der Waals surface area contributed by atoms with Gasteiger partial charge in [0.05, 0.1) is 11.1 Å². The minimum absolute atomic E-state index is 0.0842. The summed E-state index contributed by atoms with van der Waals surface area (Å²) < 4.78 is 75.6. The van der Waals surface area contributed by atoms with Crippen LogP contribution in [0.4, 0.5) is 26.3 Å². The molecule has 8 heteroatoms. The lowest BCUT2D eigenvalue weighted by atomic mass is 10.2. The van der Waals surface area contributed by atoms with Crippen LogP contribution in [0, 0.1) is 0 Å². The first-order chi connectivity index (χ1) is 9.59. The van der Waals surface area contributed by atoms with Crippen molar-refractivity contribution in [1.29, 1.82) is 0 Å². The number of hydrogen-bond acceptors (Lipinski definition) is 1. The molecule has 0 spiro atoms. The van der Waals surface area contributed by atoms with E-state index in [2.05, 4.69) is 0 Å². The van der Waals surface area contributed by atoms with Crippen LogP contribution in [-0.4, -0.2) is 4.57 Å². The Kier molecular flexibility index (Phi) is 3.56. The van der Waals surface area contributed by atoms with E-state index in [4.69, 9.17) is 0 Å². The summed E-state index contributed by atoms with van der Waals surface area (Å²) in [6.45, 7) is 0. The summed E-state index contributed by atoms with van der Waals surface area (Å²) in [6, 6.07) is 4.59. The standard InChI is InChI=1S/C13H7F6NO/c14-12(15,16)8-1-4-10(5-2-8)20-7-9(13(17,18)19)3-6-11(20)21/h1-7H. The van der Waals surface area contributed by atoms with Crippen molar-refractivity contribution < 1.29 is 26.3 Å². The van der Waals surface area contributed by atoms with Crippen molar-refractivity contribution in [3.63, 3.8) is 0 Å². The Labute approximate surface area is 114 Å². The van der Waals surface area contributed by atoms with Gasteiger partial charge in [0.1, 0.15) is 0 Å². The molecule has 2 nitrogen and oxygen atoms in total. The predicted molar refractivity (Wildman–Crippen MR) is 62.0 cm³/mol. The Morgan fingerprint density at radius 3 is 1.67 bits per heavy atom. The number of rotatable bonds is 1. The van der Waals surface area contributed by atoms with E-state index in [-0.39, 0.29) is 5.69 Å². The van der Waals surface area contributed by atoms with Gasteiger partial charge >= 0.3 is 12.4 Å². The summed E-state index contributed by atoms with van der Waals surface area (Å²) in [5.41, 5.74) is -2.88. The van der Waals surface area contributed by atoms with Gasteiger partial charge in [-0.3, -0.25) is 9.36 Å². The summed E-state index contributed by atoms with van der Waals surface area (Å²) in [5, 5.41) is 0. The molecule has 0 saturated carbocycles. The molecule has 0 bridgehead atoms. The lowest BCUT2D eigenvalue weighted by Gasteiger charge is -2.12. The highest BCUT2D eigenvalue weighted by molar-refractivity contribution is 5.37. The van der Waals surface area contributed by atoms with Gasteiger partial charge in [-0.15, -0.1) is 0 Å². The maximum absolute atomic E-state index is 12.6. The number of hydrogen-bond donors (Lipinski definition) is 0. The third-order valence-electron chi connectivity index (χ3n) is 2.71. The second-order valence-corrected chi connectivity index (χ2v) is 4.17. The molecule has 0 aliphatic heterocycles. The van der Waals surface area contributed by atoms with Crippen molar-refractivity contribution in [1.82, 2.24) is 4.57 Å². The molecule has 1 aromatic carbocycles. The molecule has 0 fully saturated rings. The quantitative estimate of drug-likeness (QED) is 0.733. The molecule has 0 radical (unpaired) electrons. The molecule has 1 aromatic heterocycles. The summed E-state index contributed by atoms with van der Waals surface area (Å²) >= 11 is 0. The molecular formula is C13H7F6NO. The lowest BCUT2D eigenvalue weighted by molar-refractivity contribution is -0.138. The third-order valence-corrected chi connectivity index (χ3v) is 2.71. The maximum Gasteiger partial charge on any atom is 0.417 e. The van der Waals surface area contributed by atoms with E-state index in [0.717, 1.165) is 12.1 Å². The van der Waals surface area contributed by atoms with Crippen molar-refractivity contribution in [3.8, 4) is 5.69 Å². The topological polar surface area (TPSA) is 22.0 Å². The van der Waals surface area contributed by atoms with Crippen LogP contribution in [0.1, 0.15) is 11.1 Å². The molecule has 21 heavy (non-hydrogen) atoms. The number of alkyl halides is 6. The number of benzene rings is 1. The molecule has 0 amide bonds. The van der Waals surface area contributed by atoms with Gasteiger partial charge in [-0.05, 0) is 30.3 Å². The Bertz CT molecular complexity index is 696. The molecule has 2 aromatic rings. The average Bonchev–Trinajstić information content (AvgIpc) is 2.37. The second kappa shape index (κ2) is 4.94. The molecule has 0 aliphatic carbocycles. The van der Waals surface area contributed by atoms with Gasteiger partial charge in [-0.1, -0.05) is 0 Å². The maximum atomic E-state index is 12.6. The van der Waals surface area contributed by atoms with E-state index in [0.29, 0.717) is 35.0 Å². The molecule has 0 atom stereocenters. The van der Waals surface area contributed by atoms with Crippen LogP contribution in [0.3, 0.4) is 0 Å². The van der Waals surface area contributed by atoms with Crippen LogP contribution in [0.2, 0.25) is 0 Å². The highest BCUT2D eigenvalue weighted by atomic mass is 19.4. The molecule has 0 saturated heterocycles. The second-order valence-electron chi connectivity index (χ2n) is 4.17. The fourth-order valence-corrected chi connectivity index (χ4v) is 1.67. The van der Waals surface area contributed by atoms with Crippen molar-refractivity contribution in [2.75, 3.05) is 0 Å². The van der Waals surface area contributed by atoms with Gasteiger partial charge in [0.2, 0.25) is 0 Å². The molecule has 112 valence electrons. The van der Waals surface area contributed by atoms with Crippen molar-refractivity contribution in [2.24, 2.45) is 0 Å². The molecule has 2 rings (SSSR count). The van der Waals surface area contributed by atoms with Gasteiger partial charge in [0.25, 0.3) is 5.56 Å². The summed E-state index contributed by atoms with van der Waals surface area (Å²) in [6.07, 6.45) is -8.66. The number of halogens is 6. The van der Waals surface area contributed by atoms with Crippen LogP contribution < -0.4 is 5.56 Å². The number of aromatic nitrogens is 1. The minimum Gasteiger partial charge on any atom is -0.284 e. The highest BCUT2D eigenvalue weighted by Gasteiger charge is 2.32. The van der Waals surface area contributed by atoms with Crippen molar-refractivity contribution in [2.45, 2.75) is 12.4 Å². The fraction of sp³-hybridized carbons (Fsp3) is 0.154. The van der Waals surface area contributed by atoms with Crippen LogP contribution in [0.15, 0.2) is 47.4 Å². The zero-order valence-corrected chi connectivity index (χ0v) is 10.2. The first-order valence-corrected chi connectivity index (χ1v) is 5.56. The van der Waals surface area contributed by atoms with E-state index in [1.165, 1.54) is 0 Å². The van der Waals surface area contributed by atoms with Crippen LogP contribution in [0.25, 0.3) is 5.69 Å². The number of nitrogens with zero attached hydrogens (tertiary/aromatic N) is 1. The Morgan fingerprint density at radius 1 is 0.714 bits per heavy atom. The minimum atomic E-state index is -4.65. The van der Waals surface area contributed by atoms with E-state index < -0.39 is 29.0 Å². The molecule has 1 heterocycles. The molecule has 0 aliphatic rings. The smallest absolute Gasteiger partial charge is 0.284 e.